The van der Waals surface area contributed by atoms with E-state index >= 15 is 0 Å². The molecule has 0 saturated heterocycles. The molecule has 1 atom stereocenters. The molecule has 0 bridgehead atoms. The predicted octanol–water partition coefficient (Wildman–Crippen LogP) is 1.23. The number of aliphatic hydroxyl groups is 1. The third-order valence-electron chi connectivity index (χ3n) is 1.73. The van der Waals surface area contributed by atoms with Gasteiger partial charge in [-0.05, 0) is 18.6 Å². The standard InChI is InChI=1S/C8H10N2O3/c1-5(11)6-2-3-7(9)8(4-6)10(12)13/h2-5,11H,9H2,1H3/t5-/m1/s1. The van der Waals surface area contributed by atoms with Crippen molar-refractivity contribution in [2.24, 2.45) is 0 Å². The number of hydrogen-bond donors (Lipinski definition) is 2. The molecule has 0 unspecified atom stereocenters. The summed E-state index contributed by atoms with van der Waals surface area (Å²) in [5.74, 6) is 0. The highest BCUT2D eigenvalue weighted by atomic mass is 16.6. The molecule has 0 fully saturated rings. The fourth-order valence-electron chi connectivity index (χ4n) is 0.979. The average molecular weight is 182 g/mol. The number of nitro groups is 1. The summed E-state index contributed by atoms with van der Waals surface area (Å²) in [6, 6.07) is 4.26. The van der Waals surface area contributed by atoms with Gasteiger partial charge in [-0.3, -0.25) is 10.1 Å². The van der Waals surface area contributed by atoms with Gasteiger partial charge in [0.25, 0.3) is 5.69 Å². The van der Waals surface area contributed by atoms with Crippen molar-refractivity contribution >= 4 is 11.4 Å². The zero-order chi connectivity index (χ0) is 10.0. The SMILES string of the molecule is C[C@@H](O)c1ccc(N)c([N+](=O)[O-])c1. The van der Waals surface area contributed by atoms with Gasteiger partial charge in [-0.2, -0.15) is 0 Å². The molecule has 1 rings (SSSR count). The van der Waals surface area contributed by atoms with E-state index in [0.717, 1.165) is 0 Å². The Hall–Kier alpha value is -1.62. The number of aliphatic hydroxyl groups excluding tert-OH is 1. The lowest BCUT2D eigenvalue weighted by Gasteiger charge is -2.04. The van der Waals surface area contributed by atoms with Crippen LogP contribution >= 0.6 is 0 Å². The molecule has 0 aliphatic heterocycles. The second-order valence-electron chi connectivity index (χ2n) is 2.75. The molecule has 5 nitrogen and oxygen atoms in total. The van der Waals surface area contributed by atoms with Crippen molar-refractivity contribution in [3.63, 3.8) is 0 Å². The Kier molecular flexibility index (Phi) is 2.48. The summed E-state index contributed by atoms with van der Waals surface area (Å²) < 4.78 is 0. The lowest BCUT2D eigenvalue weighted by atomic mass is 10.1. The Morgan fingerprint density at radius 2 is 2.23 bits per heavy atom. The Morgan fingerprint density at radius 1 is 1.62 bits per heavy atom. The minimum absolute atomic E-state index is 0.106. The molecule has 0 aliphatic carbocycles. The van der Waals surface area contributed by atoms with Crippen molar-refractivity contribution in [1.82, 2.24) is 0 Å². The average Bonchev–Trinajstić information content (AvgIpc) is 2.04. The van der Waals surface area contributed by atoms with Gasteiger partial charge in [0.05, 0.1) is 11.0 Å². The van der Waals surface area contributed by atoms with Gasteiger partial charge in [0.15, 0.2) is 0 Å². The lowest BCUT2D eigenvalue weighted by molar-refractivity contribution is -0.384. The maximum absolute atomic E-state index is 10.4. The number of nitrogens with two attached hydrogens (primary N) is 1. The quantitative estimate of drug-likeness (QED) is 0.409. The van der Waals surface area contributed by atoms with Crippen LogP contribution in [0.4, 0.5) is 11.4 Å². The number of hydrogen-bond acceptors (Lipinski definition) is 4. The summed E-state index contributed by atoms with van der Waals surface area (Å²) in [5.41, 5.74) is 5.79. The number of anilines is 1. The monoisotopic (exact) mass is 182 g/mol. The molecule has 1 aromatic carbocycles. The van der Waals surface area contributed by atoms with E-state index in [1.165, 1.54) is 19.1 Å². The second-order valence-corrected chi connectivity index (χ2v) is 2.75. The largest absolute Gasteiger partial charge is 0.393 e. The van der Waals surface area contributed by atoms with E-state index in [4.69, 9.17) is 10.8 Å². The summed E-state index contributed by atoms with van der Waals surface area (Å²) in [5, 5.41) is 19.6. The van der Waals surface area contributed by atoms with Crippen LogP contribution in [0.15, 0.2) is 18.2 Å². The summed E-state index contributed by atoms with van der Waals surface area (Å²) in [6.07, 6.45) is -0.723. The van der Waals surface area contributed by atoms with Gasteiger partial charge in [0, 0.05) is 6.07 Å². The van der Waals surface area contributed by atoms with E-state index in [2.05, 4.69) is 0 Å². The van der Waals surface area contributed by atoms with Crippen LogP contribution in [0.1, 0.15) is 18.6 Å². The van der Waals surface area contributed by atoms with Gasteiger partial charge in [-0.1, -0.05) is 6.07 Å². The summed E-state index contributed by atoms with van der Waals surface area (Å²) in [6.45, 7) is 1.54. The van der Waals surface area contributed by atoms with Gasteiger partial charge in [0.2, 0.25) is 0 Å². The molecule has 3 N–H and O–H groups in total. The van der Waals surface area contributed by atoms with Gasteiger partial charge in [0.1, 0.15) is 5.69 Å². The molecule has 0 saturated carbocycles. The second kappa shape index (κ2) is 3.40. The van der Waals surface area contributed by atoms with Crippen LogP contribution in [0.2, 0.25) is 0 Å². The third kappa shape index (κ3) is 1.94. The van der Waals surface area contributed by atoms with E-state index in [1.54, 1.807) is 6.07 Å². The van der Waals surface area contributed by atoms with Gasteiger partial charge >= 0.3 is 0 Å². The van der Waals surface area contributed by atoms with E-state index in [0.29, 0.717) is 5.56 Å². The van der Waals surface area contributed by atoms with E-state index in [-0.39, 0.29) is 11.4 Å². The fraction of sp³-hybridized carbons (Fsp3) is 0.250. The van der Waals surface area contributed by atoms with Crippen LogP contribution in [0.3, 0.4) is 0 Å². The highest BCUT2D eigenvalue weighted by Crippen LogP contribution is 2.25. The minimum atomic E-state index is -0.723. The Balaban J connectivity index is 3.19. The van der Waals surface area contributed by atoms with Crippen LogP contribution in [-0.2, 0) is 0 Å². The zero-order valence-corrected chi connectivity index (χ0v) is 7.10. The highest BCUT2D eigenvalue weighted by Gasteiger charge is 2.13. The predicted molar refractivity (Wildman–Crippen MR) is 48.1 cm³/mol. The van der Waals surface area contributed by atoms with Gasteiger partial charge < -0.3 is 10.8 Å². The van der Waals surface area contributed by atoms with E-state index in [1.807, 2.05) is 0 Å². The Labute approximate surface area is 74.9 Å². The first kappa shape index (κ1) is 9.47. The molecule has 70 valence electrons. The first-order valence-electron chi connectivity index (χ1n) is 3.74. The molecule has 0 radical (unpaired) electrons. The summed E-state index contributed by atoms with van der Waals surface area (Å²) in [4.78, 5) is 9.87. The molecular weight excluding hydrogens is 172 g/mol. The molecule has 0 aromatic heterocycles. The fourth-order valence-corrected chi connectivity index (χ4v) is 0.979. The van der Waals surface area contributed by atoms with Crippen molar-refractivity contribution in [3.8, 4) is 0 Å². The van der Waals surface area contributed by atoms with Crippen LogP contribution in [0, 0.1) is 10.1 Å². The first-order valence-corrected chi connectivity index (χ1v) is 3.74. The maximum atomic E-state index is 10.4. The van der Waals surface area contributed by atoms with Crippen molar-refractivity contribution in [3.05, 3.63) is 33.9 Å². The van der Waals surface area contributed by atoms with Crippen LogP contribution in [-0.4, -0.2) is 10.0 Å². The topological polar surface area (TPSA) is 89.4 Å². The lowest BCUT2D eigenvalue weighted by Crippen LogP contribution is -1.98. The van der Waals surface area contributed by atoms with Crippen molar-refractivity contribution < 1.29 is 10.0 Å². The Morgan fingerprint density at radius 3 is 2.69 bits per heavy atom. The maximum Gasteiger partial charge on any atom is 0.292 e. The summed E-state index contributed by atoms with van der Waals surface area (Å²) in [7, 11) is 0. The third-order valence-corrected chi connectivity index (χ3v) is 1.73. The number of rotatable bonds is 2. The first-order chi connectivity index (χ1) is 6.02. The molecule has 0 amide bonds. The van der Waals surface area contributed by atoms with Crippen molar-refractivity contribution in [2.45, 2.75) is 13.0 Å². The minimum Gasteiger partial charge on any atom is -0.393 e. The molecule has 0 aliphatic rings. The van der Waals surface area contributed by atoms with Crippen LogP contribution in [0.25, 0.3) is 0 Å². The number of benzene rings is 1. The smallest absolute Gasteiger partial charge is 0.292 e. The van der Waals surface area contributed by atoms with Gasteiger partial charge in [-0.15, -0.1) is 0 Å². The van der Waals surface area contributed by atoms with Crippen LogP contribution in [0.5, 0.6) is 0 Å². The van der Waals surface area contributed by atoms with Gasteiger partial charge in [-0.25, -0.2) is 0 Å². The zero-order valence-electron chi connectivity index (χ0n) is 7.10. The van der Waals surface area contributed by atoms with E-state index in [9.17, 15) is 10.1 Å². The summed E-state index contributed by atoms with van der Waals surface area (Å²) >= 11 is 0. The van der Waals surface area contributed by atoms with Crippen molar-refractivity contribution in [1.29, 1.82) is 0 Å². The Bertz CT molecular complexity index is 336. The molecule has 1 aromatic rings. The normalized spacial score (nSPS) is 12.5. The molecule has 0 heterocycles. The number of nitrogen functional groups attached to an aromatic ring is 1. The van der Waals surface area contributed by atoms with E-state index < -0.39 is 11.0 Å². The van der Waals surface area contributed by atoms with Crippen LogP contribution < -0.4 is 5.73 Å². The van der Waals surface area contributed by atoms with Crippen molar-refractivity contribution in [2.75, 3.05) is 5.73 Å². The number of nitrogens with zero attached hydrogens (tertiary/aromatic N) is 1. The number of nitro benzene ring substituents is 1. The molecule has 5 heteroatoms. The molecule has 13 heavy (non-hydrogen) atoms. The molecule has 0 spiro atoms. The molecular formula is C8H10N2O3. The highest BCUT2D eigenvalue weighted by molar-refractivity contribution is 5.59.